The van der Waals surface area contributed by atoms with Crippen molar-refractivity contribution in [2.75, 3.05) is 25.1 Å². The van der Waals surface area contributed by atoms with Crippen molar-refractivity contribution in [2.24, 2.45) is 10.9 Å². The molecule has 15 heteroatoms. The monoisotopic (exact) mass is 511 g/mol. The van der Waals surface area contributed by atoms with Gasteiger partial charge in [-0.15, -0.1) is 11.8 Å². The molecule has 3 aliphatic rings. The van der Waals surface area contributed by atoms with E-state index in [1.807, 2.05) is 0 Å². The van der Waals surface area contributed by atoms with Crippen LogP contribution >= 0.6 is 35.1 Å². The molecule has 12 nitrogen and oxygen atoms in total. The minimum absolute atomic E-state index is 0.0258. The van der Waals surface area contributed by atoms with Gasteiger partial charge in [-0.05, 0) is 29.7 Å². The van der Waals surface area contributed by atoms with Crippen molar-refractivity contribution in [2.45, 2.75) is 30.7 Å². The Kier molecular flexibility index (Phi) is 6.92. The summed E-state index contributed by atoms with van der Waals surface area (Å²) in [5.74, 6) is -2.05. The molecule has 1 aromatic rings. The molecule has 1 aliphatic carbocycles. The summed E-state index contributed by atoms with van der Waals surface area (Å²) in [4.78, 5) is 49.3. The molecule has 0 radical (unpaired) electrons. The standard InChI is InChI=1S/C18H21N7O5S3/c1-30-23-10(13-22-18(20)33-24-13)14(26)21-11-15(27)25-12(17(28)29)9(6-31-16(11)25)32-8-4-2-3-7(8)5-19/h11,16H,2-6,19H2,1H3,(H,21,26)(H,28,29)(H2,20,22,24)/b23-10-/t11?,16-/m1/s1. The zero-order valence-electron chi connectivity index (χ0n) is 17.4. The number of amides is 2. The van der Waals surface area contributed by atoms with Gasteiger partial charge in [-0.3, -0.25) is 14.5 Å². The van der Waals surface area contributed by atoms with Crippen molar-refractivity contribution >= 4 is 63.7 Å². The molecule has 0 aromatic carbocycles. The Bertz CT molecular complexity index is 1100. The highest BCUT2D eigenvalue weighted by molar-refractivity contribution is 8.09. The third kappa shape index (κ3) is 4.45. The maximum Gasteiger partial charge on any atom is 0.353 e. The lowest BCUT2D eigenvalue weighted by atomic mass is 10.0. The summed E-state index contributed by atoms with van der Waals surface area (Å²) in [6.45, 7) is 0.440. The van der Waals surface area contributed by atoms with E-state index in [9.17, 15) is 19.5 Å². The Morgan fingerprint density at radius 1 is 1.39 bits per heavy atom. The molecular weight excluding hydrogens is 490 g/mol. The predicted octanol–water partition coefficient (Wildman–Crippen LogP) is 0.297. The van der Waals surface area contributed by atoms with Crippen LogP contribution in [-0.4, -0.2) is 73.7 Å². The van der Waals surface area contributed by atoms with Crippen LogP contribution in [0.1, 0.15) is 25.1 Å². The predicted molar refractivity (Wildman–Crippen MR) is 125 cm³/mol. The topological polar surface area (TPSA) is 186 Å². The smallest absolute Gasteiger partial charge is 0.353 e. The number of carboxylic acids is 1. The number of β-lactam (4-membered cyclic amide) rings is 1. The fraction of sp³-hybridized carbons (Fsp3) is 0.444. The molecule has 1 aromatic heterocycles. The van der Waals surface area contributed by atoms with Crippen LogP contribution in [0.5, 0.6) is 0 Å². The minimum Gasteiger partial charge on any atom is -0.477 e. The number of nitrogens with one attached hydrogen (secondary N) is 1. The molecule has 2 aliphatic heterocycles. The van der Waals surface area contributed by atoms with Crippen molar-refractivity contribution in [3.8, 4) is 0 Å². The fourth-order valence-corrected chi connectivity index (χ4v) is 6.98. The highest BCUT2D eigenvalue weighted by Gasteiger charge is 2.54. The summed E-state index contributed by atoms with van der Waals surface area (Å²) in [6.07, 6.45) is 2.75. The number of thioether (sulfide) groups is 2. The molecule has 3 heterocycles. The number of hydrogen-bond donors (Lipinski definition) is 4. The van der Waals surface area contributed by atoms with E-state index in [4.69, 9.17) is 16.3 Å². The van der Waals surface area contributed by atoms with Crippen LogP contribution in [0, 0.1) is 0 Å². The van der Waals surface area contributed by atoms with Crippen LogP contribution in [-0.2, 0) is 19.2 Å². The summed E-state index contributed by atoms with van der Waals surface area (Å²) >= 11 is 3.67. The van der Waals surface area contributed by atoms with Gasteiger partial charge in [0.05, 0.1) is 0 Å². The lowest BCUT2D eigenvalue weighted by molar-refractivity contribution is -0.150. The van der Waals surface area contributed by atoms with E-state index < -0.39 is 29.2 Å². The third-order valence-electron chi connectivity index (χ3n) is 5.24. The Labute approximate surface area is 201 Å². The molecule has 0 spiro atoms. The fourth-order valence-electron chi connectivity index (χ4n) is 3.75. The van der Waals surface area contributed by atoms with E-state index in [-0.39, 0.29) is 22.4 Å². The number of allylic oxidation sites excluding steroid dienone is 1. The molecule has 1 fully saturated rings. The van der Waals surface area contributed by atoms with Crippen molar-refractivity contribution in [1.29, 1.82) is 0 Å². The molecular formula is C18H21N7O5S3. The molecule has 2 atom stereocenters. The molecule has 33 heavy (non-hydrogen) atoms. The first-order valence-corrected chi connectivity index (χ1v) is 12.5. The summed E-state index contributed by atoms with van der Waals surface area (Å²) in [5, 5.41) is 15.7. The number of aliphatic carboxylic acids is 1. The Hall–Kier alpha value is -2.62. The van der Waals surface area contributed by atoms with Crippen LogP contribution in [0.25, 0.3) is 0 Å². The number of rotatable bonds is 8. The summed E-state index contributed by atoms with van der Waals surface area (Å²) in [7, 11) is 1.26. The van der Waals surface area contributed by atoms with Gasteiger partial charge in [-0.25, -0.2) is 4.79 Å². The van der Waals surface area contributed by atoms with Crippen molar-refractivity contribution in [3.05, 3.63) is 26.9 Å². The molecule has 4 rings (SSSR count). The number of nitrogens with zero attached hydrogens (tertiary/aromatic N) is 4. The summed E-state index contributed by atoms with van der Waals surface area (Å²) < 4.78 is 3.95. The lowest BCUT2D eigenvalue weighted by Crippen LogP contribution is -2.71. The van der Waals surface area contributed by atoms with E-state index in [0.29, 0.717) is 17.2 Å². The molecule has 6 N–H and O–H groups in total. The van der Waals surface area contributed by atoms with Gasteiger partial charge in [0.25, 0.3) is 11.8 Å². The van der Waals surface area contributed by atoms with Crippen LogP contribution in [0.2, 0.25) is 0 Å². The highest BCUT2D eigenvalue weighted by atomic mass is 32.2. The van der Waals surface area contributed by atoms with Gasteiger partial charge in [0, 0.05) is 28.7 Å². The Morgan fingerprint density at radius 2 is 2.18 bits per heavy atom. The van der Waals surface area contributed by atoms with Gasteiger partial charge in [0.15, 0.2) is 5.13 Å². The summed E-state index contributed by atoms with van der Waals surface area (Å²) in [6, 6.07) is -0.924. The van der Waals surface area contributed by atoms with E-state index in [1.54, 1.807) is 0 Å². The number of carbonyl (C=O) groups is 3. The maximum absolute atomic E-state index is 12.9. The van der Waals surface area contributed by atoms with Crippen molar-refractivity contribution < 1.29 is 24.3 Å². The normalized spacial score (nSPS) is 22.9. The molecule has 1 unspecified atom stereocenters. The second-order valence-corrected chi connectivity index (χ2v) is 10.3. The number of anilines is 1. The maximum atomic E-state index is 12.9. The number of fused-ring (bicyclic) bond motifs is 1. The third-order valence-corrected chi connectivity index (χ3v) is 8.57. The van der Waals surface area contributed by atoms with Gasteiger partial charge in [-0.2, -0.15) is 9.36 Å². The van der Waals surface area contributed by atoms with Crippen LogP contribution in [0.4, 0.5) is 5.13 Å². The second kappa shape index (κ2) is 9.70. The van der Waals surface area contributed by atoms with Crippen molar-refractivity contribution in [1.82, 2.24) is 19.6 Å². The van der Waals surface area contributed by atoms with E-state index in [0.717, 1.165) is 41.3 Å². The van der Waals surface area contributed by atoms with E-state index in [2.05, 4.69) is 19.8 Å². The second-order valence-electron chi connectivity index (χ2n) is 7.20. The van der Waals surface area contributed by atoms with Crippen LogP contribution < -0.4 is 16.8 Å². The van der Waals surface area contributed by atoms with E-state index >= 15 is 0 Å². The van der Waals surface area contributed by atoms with Gasteiger partial charge in [0.1, 0.15) is 24.2 Å². The number of oxime groups is 1. The Morgan fingerprint density at radius 3 is 2.82 bits per heavy atom. The Balaban J connectivity index is 1.53. The molecule has 0 bridgehead atoms. The first kappa shape index (κ1) is 23.5. The van der Waals surface area contributed by atoms with Gasteiger partial charge in [-0.1, -0.05) is 16.9 Å². The zero-order chi connectivity index (χ0) is 23.7. The van der Waals surface area contributed by atoms with E-state index in [1.165, 1.54) is 35.5 Å². The average molecular weight is 512 g/mol. The van der Waals surface area contributed by atoms with Gasteiger partial charge in [0.2, 0.25) is 11.5 Å². The minimum atomic E-state index is -1.18. The van der Waals surface area contributed by atoms with Gasteiger partial charge >= 0.3 is 5.97 Å². The number of carboxylic acid groups (broad SMARTS) is 1. The number of nitrogen functional groups attached to an aromatic ring is 1. The first-order chi connectivity index (χ1) is 15.8. The van der Waals surface area contributed by atoms with Crippen LogP contribution in [0.15, 0.2) is 26.2 Å². The average Bonchev–Trinajstić information content (AvgIpc) is 3.43. The molecule has 1 saturated heterocycles. The van der Waals surface area contributed by atoms with Crippen LogP contribution in [0.3, 0.4) is 0 Å². The van der Waals surface area contributed by atoms with Crippen molar-refractivity contribution in [3.63, 3.8) is 0 Å². The first-order valence-electron chi connectivity index (χ1n) is 9.87. The highest BCUT2D eigenvalue weighted by Crippen LogP contribution is 2.47. The number of nitrogens with two attached hydrogens (primary N) is 2. The quantitative estimate of drug-likeness (QED) is 0.213. The lowest BCUT2D eigenvalue weighted by Gasteiger charge is -2.49. The molecule has 2 amide bonds. The number of hydrogen-bond acceptors (Lipinski definition) is 12. The molecule has 176 valence electrons. The number of carbonyl (C=O) groups excluding carboxylic acids is 2. The van der Waals surface area contributed by atoms with Gasteiger partial charge < -0.3 is 26.7 Å². The largest absolute Gasteiger partial charge is 0.477 e. The number of aromatic nitrogens is 2. The summed E-state index contributed by atoms with van der Waals surface area (Å²) in [5.41, 5.74) is 12.2. The zero-order valence-corrected chi connectivity index (χ0v) is 19.9. The SMILES string of the molecule is CO/N=C(\C(=O)NC1C(=O)N2C(C(=O)O)=C(SC3=C(CN)CCC3)CS[C@H]12)c1nsc(N)n1. The molecule has 0 saturated carbocycles.